The fraction of sp³-hybridized carbons (Fsp3) is 0.273. The molecule has 0 atom stereocenters. The van der Waals surface area contributed by atoms with Crippen LogP contribution in [-0.4, -0.2) is 65.3 Å². The highest BCUT2D eigenvalue weighted by molar-refractivity contribution is 6.27. The molecule has 31 heavy (non-hydrogen) atoms. The Labute approximate surface area is 184 Å². The first-order chi connectivity index (χ1) is 14.8. The van der Waals surface area contributed by atoms with Gasteiger partial charge in [0.15, 0.2) is 5.71 Å². The molecule has 4 N–H and O–H groups in total. The summed E-state index contributed by atoms with van der Waals surface area (Å²) >= 11 is 5.57. The van der Waals surface area contributed by atoms with E-state index in [1.54, 1.807) is 35.2 Å². The molecule has 1 saturated heterocycles. The normalized spacial score (nSPS) is 13.7. The Bertz CT molecular complexity index is 1040. The van der Waals surface area contributed by atoms with Crippen molar-refractivity contribution in [2.24, 2.45) is 5.73 Å². The van der Waals surface area contributed by atoms with Crippen molar-refractivity contribution in [2.75, 3.05) is 32.1 Å². The van der Waals surface area contributed by atoms with Crippen LogP contribution in [-0.2, 0) is 11.2 Å². The molecular weight excluding hydrogens is 423 g/mol. The van der Waals surface area contributed by atoms with Gasteiger partial charge in [0.1, 0.15) is 11.7 Å². The zero-order valence-electron chi connectivity index (χ0n) is 16.8. The smallest absolute Gasteiger partial charge is 0.256 e. The van der Waals surface area contributed by atoms with Crippen molar-refractivity contribution in [1.29, 1.82) is 0 Å². The summed E-state index contributed by atoms with van der Waals surface area (Å²) in [5, 5.41) is 6.20. The number of amides is 3. The third-order valence-corrected chi connectivity index (χ3v) is 5.46. The summed E-state index contributed by atoms with van der Waals surface area (Å²) in [6.07, 6.45) is 0.211. The minimum Gasteiger partial charge on any atom is -0.366 e. The molecule has 3 amide bonds. The first-order valence-electron chi connectivity index (χ1n) is 9.73. The summed E-state index contributed by atoms with van der Waals surface area (Å²) in [4.78, 5) is 39.3. The van der Waals surface area contributed by atoms with Crippen LogP contribution in [0.2, 0.25) is 0 Å². The zero-order valence-corrected chi connectivity index (χ0v) is 17.6. The number of nitrogens with two attached hydrogens (primary N) is 2. The molecule has 1 heterocycles. The van der Waals surface area contributed by atoms with Gasteiger partial charge in [0.2, 0.25) is 11.8 Å². The molecule has 2 aromatic rings. The maximum absolute atomic E-state index is 14.4. The Balaban J connectivity index is 1.75. The van der Waals surface area contributed by atoms with E-state index in [1.165, 1.54) is 17.0 Å². The van der Waals surface area contributed by atoms with Crippen LogP contribution in [0.4, 0.5) is 4.39 Å². The number of halogens is 2. The van der Waals surface area contributed by atoms with Crippen LogP contribution in [0, 0.1) is 5.82 Å². The number of benzene rings is 2. The van der Waals surface area contributed by atoms with Gasteiger partial charge in [0.05, 0.1) is 23.1 Å². The third-order valence-electron chi connectivity index (χ3n) is 5.23. The molecule has 0 aliphatic carbocycles. The lowest BCUT2D eigenvalue weighted by molar-refractivity contribution is -0.129. The molecule has 0 unspecified atom stereocenters. The average Bonchev–Trinajstić information content (AvgIpc) is 2.79. The third kappa shape index (κ3) is 5.08. The summed E-state index contributed by atoms with van der Waals surface area (Å²) < 4.78 is 14.4. The molecule has 0 aromatic heterocycles. The standard InChI is InChI=1S/C22H22ClFN4O3/c23-13-20(29)27-7-9-28(10-8-27)22(31)17-11-14(5-6-18(17)24)12-19(25)15-3-1-2-4-16(15)21(26)30/h1-6,11,25H,7-10,12-13H2,(H2,26,30)/p+1. The fourth-order valence-electron chi connectivity index (χ4n) is 3.55. The molecule has 2 aromatic carbocycles. The van der Waals surface area contributed by atoms with Crippen LogP contribution >= 0.6 is 11.6 Å². The molecule has 7 nitrogen and oxygen atoms in total. The Morgan fingerprint density at radius 3 is 2.19 bits per heavy atom. The Hall–Kier alpha value is -3.26. The highest BCUT2D eigenvalue weighted by atomic mass is 35.5. The zero-order chi connectivity index (χ0) is 22.5. The number of nitrogens with zero attached hydrogens (tertiary/aromatic N) is 2. The number of alkyl halides is 1. The number of rotatable bonds is 6. The van der Waals surface area contributed by atoms with Gasteiger partial charge in [-0.15, -0.1) is 11.6 Å². The average molecular weight is 446 g/mol. The van der Waals surface area contributed by atoms with E-state index < -0.39 is 17.6 Å². The van der Waals surface area contributed by atoms with E-state index in [0.29, 0.717) is 48.6 Å². The van der Waals surface area contributed by atoms with Crippen LogP contribution in [0.25, 0.3) is 0 Å². The lowest BCUT2D eigenvalue weighted by Gasteiger charge is -2.34. The number of hydrogen-bond donors (Lipinski definition) is 2. The van der Waals surface area contributed by atoms with Crippen molar-refractivity contribution in [3.05, 3.63) is 70.5 Å². The van der Waals surface area contributed by atoms with Crippen LogP contribution in [0.5, 0.6) is 0 Å². The second kappa shape index (κ2) is 9.70. The minimum absolute atomic E-state index is 0.0643. The van der Waals surface area contributed by atoms with Gasteiger partial charge in [-0.1, -0.05) is 18.2 Å². The van der Waals surface area contributed by atoms with E-state index in [-0.39, 0.29) is 23.8 Å². The predicted molar refractivity (Wildman–Crippen MR) is 114 cm³/mol. The highest BCUT2D eigenvalue weighted by Gasteiger charge is 2.26. The minimum atomic E-state index is -0.635. The van der Waals surface area contributed by atoms with Gasteiger partial charge in [0.25, 0.3) is 5.91 Å². The molecule has 1 fully saturated rings. The van der Waals surface area contributed by atoms with Crippen molar-refractivity contribution >= 4 is 35.0 Å². The van der Waals surface area contributed by atoms with E-state index >= 15 is 0 Å². The first-order valence-corrected chi connectivity index (χ1v) is 10.3. The fourth-order valence-corrected chi connectivity index (χ4v) is 3.72. The molecule has 1 aliphatic heterocycles. The first kappa shape index (κ1) is 22.4. The Morgan fingerprint density at radius 2 is 1.58 bits per heavy atom. The SMILES string of the molecule is NC(=O)c1ccccc1C(=[NH2+])Cc1ccc(F)c(C(=O)N2CCN(C(=O)CCl)CC2)c1. The number of hydrogen-bond acceptors (Lipinski definition) is 3. The molecule has 0 radical (unpaired) electrons. The Morgan fingerprint density at radius 1 is 0.968 bits per heavy atom. The van der Waals surface area contributed by atoms with Crippen molar-refractivity contribution in [1.82, 2.24) is 9.80 Å². The predicted octanol–water partition coefficient (Wildman–Crippen LogP) is 0.239. The van der Waals surface area contributed by atoms with Crippen molar-refractivity contribution in [3.63, 3.8) is 0 Å². The lowest BCUT2D eigenvalue weighted by atomic mass is 9.96. The van der Waals surface area contributed by atoms with Gasteiger partial charge in [-0.2, -0.15) is 0 Å². The Kier molecular flexibility index (Phi) is 7.02. The second-order valence-electron chi connectivity index (χ2n) is 7.23. The van der Waals surface area contributed by atoms with Crippen molar-refractivity contribution in [2.45, 2.75) is 6.42 Å². The van der Waals surface area contributed by atoms with Gasteiger partial charge in [-0.25, -0.2) is 4.39 Å². The molecule has 0 saturated carbocycles. The van der Waals surface area contributed by atoms with Gasteiger partial charge < -0.3 is 15.5 Å². The maximum Gasteiger partial charge on any atom is 0.256 e. The highest BCUT2D eigenvalue weighted by Crippen LogP contribution is 2.17. The molecule has 0 bridgehead atoms. The van der Waals surface area contributed by atoms with Crippen LogP contribution in [0.3, 0.4) is 0 Å². The van der Waals surface area contributed by atoms with Crippen LogP contribution in [0.1, 0.15) is 31.8 Å². The summed E-state index contributed by atoms with van der Waals surface area (Å²) in [6, 6.07) is 10.9. The van der Waals surface area contributed by atoms with Gasteiger partial charge in [-0.3, -0.25) is 19.8 Å². The molecule has 9 heteroatoms. The van der Waals surface area contributed by atoms with E-state index in [0.717, 1.165) is 0 Å². The molecular formula is C22H23ClFN4O3+. The van der Waals surface area contributed by atoms with Crippen molar-refractivity contribution < 1.29 is 24.2 Å². The lowest BCUT2D eigenvalue weighted by Crippen LogP contribution is -2.51. The molecule has 162 valence electrons. The monoisotopic (exact) mass is 445 g/mol. The van der Waals surface area contributed by atoms with Gasteiger partial charge >= 0.3 is 0 Å². The number of carbonyl (C=O) groups is 3. The number of piperazine rings is 1. The summed E-state index contributed by atoms with van der Waals surface area (Å²) in [6.45, 7) is 1.29. The summed E-state index contributed by atoms with van der Waals surface area (Å²) in [5.41, 5.74) is 7.15. The van der Waals surface area contributed by atoms with Crippen molar-refractivity contribution in [3.8, 4) is 0 Å². The summed E-state index contributed by atoms with van der Waals surface area (Å²) in [7, 11) is 0. The number of primary amides is 1. The van der Waals surface area contributed by atoms with Gasteiger partial charge in [-0.05, 0) is 29.8 Å². The topological polar surface area (TPSA) is 109 Å². The molecule has 0 spiro atoms. The number of carbonyl (C=O) groups excluding carboxylic acids is 3. The quantitative estimate of drug-likeness (QED) is 0.491. The largest absolute Gasteiger partial charge is 0.366 e. The van der Waals surface area contributed by atoms with E-state index in [9.17, 15) is 18.8 Å². The summed E-state index contributed by atoms with van der Waals surface area (Å²) in [5.74, 6) is -1.98. The van der Waals surface area contributed by atoms with Gasteiger partial charge in [0, 0.05) is 26.2 Å². The maximum atomic E-state index is 14.4. The molecule has 3 rings (SSSR count). The van der Waals surface area contributed by atoms with E-state index in [1.807, 2.05) is 0 Å². The molecule has 1 aliphatic rings. The second-order valence-corrected chi connectivity index (χ2v) is 7.50. The van der Waals surface area contributed by atoms with E-state index in [2.05, 4.69) is 0 Å². The van der Waals surface area contributed by atoms with Crippen LogP contribution < -0.4 is 11.1 Å². The van der Waals surface area contributed by atoms with E-state index in [4.69, 9.17) is 22.7 Å². The van der Waals surface area contributed by atoms with Crippen LogP contribution in [0.15, 0.2) is 42.5 Å².